The molecule has 19 heavy (non-hydrogen) atoms. The van der Waals surface area contributed by atoms with E-state index in [4.69, 9.17) is 5.26 Å². The molecule has 0 saturated heterocycles. The van der Waals surface area contributed by atoms with E-state index in [9.17, 15) is 4.79 Å². The molecule has 0 spiro atoms. The van der Waals surface area contributed by atoms with Crippen molar-refractivity contribution < 1.29 is 4.79 Å². The van der Waals surface area contributed by atoms with Crippen molar-refractivity contribution in [3.8, 4) is 6.07 Å². The van der Waals surface area contributed by atoms with Crippen LogP contribution in [0.1, 0.15) is 5.56 Å². The lowest BCUT2D eigenvalue weighted by atomic mass is 10.00. The Kier molecular flexibility index (Phi) is 4.19. The van der Waals surface area contributed by atoms with Crippen molar-refractivity contribution in [2.24, 2.45) is 5.92 Å². The van der Waals surface area contributed by atoms with Crippen molar-refractivity contribution in [1.82, 2.24) is 9.97 Å². The molecule has 5 heteroatoms. The molecule has 0 fully saturated rings. The first-order valence-electron chi connectivity index (χ1n) is 5.80. The van der Waals surface area contributed by atoms with Crippen molar-refractivity contribution in [2.75, 3.05) is 5.32 Å². The average Bonchev–Trinajstić information content (AvgIpc) is 2.47. The molecule has 0 aliphatic carbocycles. The van der Waals surface area contributed by atoms with Crippen LogP contribution < -0.4 is 5.32 Å². The van der Waals surface area contributed by atoms with Gasteiger partial charge in [0.25, 0.3) is 0 Å². The maximum absolute atomic E-state index is 11.9. The molecule has 1 atom stereocenters. The number of carbonyl (C=O) groups excluding carboxylic acids is 1. The molecule has 2 rings (SSSR count). The zero-order chi connectivity index (χ0) is 13.5. The molecule has 1 N–H and O–H groups in total. The van der Waals surface area contributed by atoms with Crippen LogP contribution in [0.5, 0.6) is 0 Å². The summed E-state index contributed by atoms with van der Waals surface area (Å²) in [6.07, 6.45) is 4.81. The van der Waals surface area contributed by atoms with E-state index in [0.29, 0.717) is 12.2 Å². The van der Waals surface area contributed by atoms with Gasteiger partial charge >= 0.3 is 0 Å². The SMILES string of the molecule is N#CC(Cc1ccccc1)C(=O)Nc1cnccn1. The summed E-state index contributed by atoms with van der Waals surface area (Å²) in [4.78, 5) is 19.7. The van der Waals surface area contributed by atoms with E-state index in [1.165, 1.54) is 18.6 Å². The van der Waals surface area contributed by atoms with Gasteiger partial charge in [-0.05, 0) is 12.0 Å². The van der Waals surface area contributed by atoms with Crippen molar-refractivity contribution in [2.45, 2.75) is 6.42 Å². The topological polar surface area (TPSA) is 78.7 Å². The molecule has 1 unspecified atom stereocenters. The summed E-state index contributed by atoms with van der Waals surface area (Å²) >= 11 is 0. The van der Waals surface area contributed by atoms with Crippen molar-refractivity contribution >= 4 is 11.7 Å². The van der Waals surface area contributed by atoms with Crippen LogP contribution in [0.2, 0.25) is 0 Å². The molecule has 1 heterocycles. The van der Waals surface area contributed by atoms with Gasteiger partial charge in [-0.3, -0.25) is 9.78 Å². The summed E-state index contributed by atoms with van der Waals surface area (Å²) in [5.74, 6) is -0.767. The largest absolute Gasteiger partial charge is 0.308 e. The molecule has 2 aromatic rings. The summed E-state index contributed by atoms with van der Waals surface area (Å²) in [5.41, 5.74) is 0.948. The second-order valence-electron chi connectivity index (χ2n) is 3.95. The highest BCUT2D eigenvalue weighted by Crippen LogP contribution is 2.10. The zero-order valence-electron chi connectivity index (χ0n) is 10.2. The molecule has 0 radical (unpaired) electrons. The molecule has 0 aliphatic rings. The monoisotopic (exact) mass is 252 g/mol. The van der Waals surface area contributed by atoms with Gasteiger partial charge < -0.3 is 5.32 Å². The van der Waals surface area contributed by atoms with Gasteiger partial charge in [0.1, 0.15) is 5.92 Å². The Hall–Kier alpha value is -2.74. The number of aromatic nitrogens is 2. The van der Waals surface area contributed by atoms with Gasteiger partial charge in [-0.2, -0.15) is 5.26 Å². The van der Waals surface area contributed by atoms with Crippen molar-refractivity contribution in [3.05, 3.63) is 54.5 Å². The Bertz CT molecular complexity index is 577. The lowest BCUT2D eigenvalue weighted by Gasteiger charge is -2.09. The smallest absolute Gasteiger partial charge is 0.243 e. The first-order valence-corrected chi connectivity index (χ1v) is 5.80. The number of nitrogens with zero attached hydrogens (tertiary/aromatic N) is 3. The molecule has 0 bridgehead atoms. The number of anilines is 1. The average molecular weight is 252 g/mol. The fraction of sp³-hybridized carbons (Fsp3) is 0.143. The highest BCUT2D eigenvalue weighted by Gasteiger charge is 2.18. The fourth-order valence-corrected chi connectivity index (χ4v) is 1.62. The van der Waals surface area contributed by atoms with Gasteiger partial charge in [-0.1, -0.05) is 30.3 Å². The van der Waals surface area contributed by atoms with Crippen LogP contribution in [0.25, 0.3) is 0 Å². The van der Waals surface area contributed by atoms with Gasteiger partial charge in [-0.15, -0.1) is 0 Å². The number of hydrogen-bond acceptors (Lipinski definition) is 4. The third-order valence-electron chi connectivity index (χ3n) is 2.57. The maximum atomic E-state index is 11.9. The number of nitriles is 1. The summed E-state index contributed by atoms with van der Waals surface area (Å²) in [7, 11) is 0. The molecular formula is C14H12N4O. The standard InChI is InChI=1S/C14H12N4O/c15-9-12(8-11-4-2-1-3-5-11)14(19)18-13-10-16-6-7-17-13/h1-7,10,12H,8H2,(H,17,18,19). The van der Waals surface area contributed by atoms with Crippen LogP contribution in [-0.4, -0.2) is 15.9 Å². The van der Waals surface area contributed by atoms with Gasteiger partial charge in [0.15, 0.2) is 5.82 Å². The third-order valence-corrected chi connectivity index (χ3v) is 2.57. The van der Waals surface area contributed by atoms with Crippen LogP contribution in [0.3, 0.4) is 0 Å². The summed E-state index contributed by atoms with van der Waals surface area (Å²) in [5, 5.41) is 11.7. The van der Waals surface area contributed by atoms with Crippen LogP contribution in [0.15, 0.2) is 48.9 Å². The Balaban J connectivity index is 2.02. The van der Waals surface area contributed by atoms with E-state index >= 15 is 0 Å². The Morgan fingerprint density at radius 1 is 1.32 bits per heavy atom. The Labute approximate surface area is 110 Å². The highest BCUT2D eigenvalue weighted by molar-refractivity contribution is 5.93. The number of nitrogens with one attached hydrogen (secondary N) is 1. The van der Waals surface area contributed by atoms with Gasteiger partial charge in [0.05, 0.1) is 12.3 Å². The molecule has 0 saturated carbocycles. The van der Waals surface area contributed by atoms with E-state index in [2.05, 4.69) is 15.3 Å². The van der Waals surface area contributed by atoms with Gasteiger partial charge in [0.2, 0.25) is 5.91 Å². The van der Waals surface area contributed by atoms with E-state index in [1.54, 1.807) is 0 Å². The fourth-order valence-electron chi connectivity index (χ4n) is 1.62. The summed E-state index contributed by atoms with van der Waals surface area (Å²) in [6, 6.07) is 11.4. The molecular weight excluding hydrogens is 240 g/mol. The molecule has 1 amide bonds. The van der Waals surface area contributed by atoms with Crippen LogP contribution >= 0.6 is 0 Å². The maximum Gasteiger partial charge on any atom is 0.243 e. The Morgan fingerprint density at radius 3 is 2.74 bits per heavy atom. The van der Waals surface area contributed by atoms with Crippen molar-refractivity contribution in [1.29, 1.82) is 5.26 Å². The zero-order valence-corrected chi connectivity index (χ0v) is 10.2. The van der Waals surface area contributed by atoms with Gasteiger partial charge in [0, 0.05) is 12.4 Å². The molecule has 5 nitrogen and oxygen atoms in total. The first-order chi connectivity index (χ1) is 9.29. The van der Waals surface area contributed by atoms with Crippen LogP contribution in [0, 0.1) is 17.2 Å². The van der Waals surface area contributed by atoms with E-state index in [0.717, 1.165) is 5.56 Å². The molecule has 1 aromatic heterocycles. The summed E-state index contributed by atoms with van der Waals surface area (Å²) in [6.45, 7) is 0. The lowest BCUT2D eigenvalue weighted by molar-refractivity contribution is -0.118. The Morgan fingerprint density at radius 2 is 2.11 bits per heavy atom. The minimum absolute atomic E-state index is 0.348. The third kappa shape index (κ3) is 3.61. The van der Waals surface area contributed by atoms with E-state index in [-0.39, 0.29) is 5.91 Å². The van der Waals surface area contributed by atoms with Crippen molar-refractivity contribution in [3.63, 3.8) is 0 Å². The minimum Gasteiger partial charge on any atom is -0.308 e. The van der Waals surface area contributed by atoms with E-state index < -0.39 is 5.92 Å². The second kappa shape index (κ2) is 6.26. The summed E-state index contributed by atoms with van der Waals surface area (Å²) < 4.78 is 0. The number of carbonyl (C=O) groups is 1. The predicted octanol–water partition coefficient (Wildman–Crippen LogP) is 1.80. The number of hydrogen-bond donors (Lipinski definition) is 1. The predicted molar refractivity (Wildman–Crippen MR) is 69.9 cm³/mol. The van der Waals surface area contributed by atoms with Crippen LogP contribution in [0.4, 0.5) is 5.82 Å². The molecule has 0 aliphatic heterocycles. The highest BCUT2D eigenvalue weighted by atomic mass is 16.1. The lowest BCUT2D eigenvalue weighted by Crippen LogP contribution is -2.24. The molecule has 94 valence electrons. The first kappa shape index (κ1) is 12.7. The van der Waals surface area contributed by atoms with Crippen LogP contribution in [-0.2, 0) is 11.2 Å². The van der Waals surface area contributed by atoms with Gasteiger partial charge in [-0.25, -0.2) is 4.98 Å². The number of amides is 1. The second-order valence-corrected chi connectivity index (χ2v) is 3.95. The minimum atomic E-state index is -0.746. The number of benzene rings is 1. The quantitative estimate of drug-likeness (QED) is 0.899. The number of rotatable bonds is 4. The van der Waals surface area contributed by atoms with E-state index in [1.807, 2.05) is 36.4 Å². The molecule has 1 aromatic carbocycles. The normalized spacial score (nSPS) is 11.3.